The number of nitrogens with zero attached hydrogens (tertiary/aromatic N) is 2. The lowest BCUT2D eigenvalue weighted by atomic mass is 9.94. The van der Waals surface area contributed by atoms with E-state index in [1.54, 1.807) is 23.9 Å². The van der Waals surface area contributed by atoms with Crippen molar-refractivity contribution in [3.63, 3.8) is 0 Å². The summed E-state index contributed by atoms with van der Waals surface area (Å²) in [5, 5.41) is 12.3. The van der Waals surface area contributed by atoms with E-state index < -0.39 is 5.82 Å². The predicted octanol–water partition coefficient (Wildman–Crippen LogP) is 2.92. The van der Waals surface area contributed by atoms with E-state index in [0.29, 0.717) is 5.84 Å². The Balaban J connectivity index is 1.99. The number of nitrogens with two attached hydrogens (primary N) is 1. The highest BCUT2D eigenvalue weighted by atomic mass is 35.5. The number of thioether (sulfide) groups is 1. The van der Waals surface area contributed by atoms with E-state index in [0.717, 1.165) is 38.0 Å². The summed E-state index contributed by atoms with van der Waals surface area (Å²) in [6.07, 6.45) is 3.62. The van der Waals surface area contributed by atoms with Crippen LogP contribution in [-0.2, 0) is 6.54 Å². The normalized spacial score (nSPS) is 19.7. The number of rotatable bonds is 4. The van der Waals surface area contributed by atoms with Gasteiger partial charge in [0, 0.05) is 19.6 Å². The summed E-state index contributed by atoms with van der Waals surface area (Å²) in [4.78, 5) is 2.27. The smallest absolute Gasteiger partial charge is 0.155 e. The van der Waals surface area contributed by atoms with E-state index in [1.165, 1.54) is 6.07 Å². The van der Waals surface area contributed by atoms with Gasteiger partial charge in [-0.3, -0.25) is 4.90 Å². The van der Waals surface area contributed by atoms with Crippen molar-refractivity contribution in [1.82, 2.24) is 4.90 Å². The third-order valence-corrected chi connectivity index (χ3v) is 5.71. The first-order valence-electron chi connectivity index (χ1n) is 6.70. The molecule has 0 bridgehead atoms. The molecule has 0 amide bonds. The minimum absolute atomic E-state index is 0.152. The molecule has 7 heteroatoms. The molecule has 4 nitrogen and oxygen atoms in total. The lowest BCUT2D eigenvalue weighted by Gasteiger charge is -2.39. The maximum atomic E-state index is 13.2. The lowest BCUT2D eigenvalue weighted by molar-refractivity contribution is 0.209. The fourth-order valence-electron chi connectivity index (χ4n) is 2.62. The van der Waals surface area contributed by atoms with Gasteiger partial charge in [0.15, 0.2) is 5.84 Å². The Morgan fingerprint density at radius 3 is 2.71 bits per heavy atom. The standard InChI is InChI=1S/C14H19ClFN3OS/c1-21-14(13(17)18-20)4-6-19(7-5-14)9-10-2-3-12(16)11(15)8-10/h2-3,8,20H,4-7,9H2,1H3,(H2,17,18). The summed E-state index contributed by atoms with van der Waals surface area (Å²) in [5.74, 6) is -0.105. The SMILES string of the molecule is CSC1(/C(N)=N/O)CCN(Cc2ccc(F)c(Cl)c2)CC1. The molecule has 0 spiro atoms. The molecule has 0 aromatic heterocycles. The Hall–Kier alpha value is -0.980. The Morgan fingerprint density at radius 1 is 1.52 bits per heavy atom. The minimum atomic E-state index is -0.396. The van der Waals surface area contributed by atoms with Crippen LogP contribution in [0.2, 0.25) is 5.02 Å². The highest BCUT2D eigenvalue weighted by molar-refractivity contribution is 8.00. The molecular weight excluding hydrogens is 313 g/mol. The molecule has 2 rings (SSSR count). The predicted molar refractivity (Wildman–Crippen MR) is 85.6 cm³/mol. The average molecular weight is 332 g/mol. The highest BCUT2D eigenvalue weighted by Crippen LogP contribution is 2.35. The lowest BCUT2D eigenvalue weighted by Crippen LogP contribution is -2.49. The van der Waals surface area contributed by atoms with Crippen LogP contribution in [-0.4, -0.2) is 40.0 Å². The van der Waals surface area contributed by atoms with Crippen LogP contribution >= 0.6 is 23.4 Å². The monoisotopic (exact) mass is 331 g/mol. The first-order chi connectivity index (χ1) is 10.0. The van der Waals surface area contributed by atoms with Gasteiger partial charge in [0.25, 0.3) is 0 Å². The molecular formula is C14H19ClFN3OS. The van der Waals surface area contributed by atoms with Crippen LogP contribution < -0.4 is 5.73 Å². The number of hydrogen-bond acceptors (Lipinski definition) is 4. The van der Waals surface area contributed by atoms with Crippen LogP contribution in [0.3, 0.4) is 0 Å². The van der Waals surface area contributed by atoms with Gasteiger partial charge in [0.1, 0.15) is 5.82 Å². The van der Waals surface area contributed by atoms with Crippen molar-refractivity contribution >= 4 is 29.2 Å². The molecule has 21 heavy (non-hydrogen) atoms. The van der Waals surface area contributed by atoms with Crippen molar-refractivity contribution in [2.24, 2.45) is 10.9 Å². The number of piperidine rings is 1. The summed E-state index contributed by atoms with van der Waals surface area (Å²) >= 11 is 7.43. The molecule has 3 N–H and O–H groups in total. The molecule has 0 aliphatic carbocycles. The van der Waals surface area contributed by atoms with E-state index >= 15 is 0 Å². The van der Waals surface area contributed by atoms with Gasteiger partial charge in [0.2, 0.25) is 0 Å². The van der Waals surface area contributed by atoms with E-state index in [-0.39, 0.29) is 9.77 Å². The van der Waals surface area contributed by atoms with E-state index in [1.807, 2.05) is 6.26 Å². The van der Waals surface area contributed by atoms with Crippen molar-refractivity contribution in [2.75, 3.05) is 19.3 Å². The summed E-state index contributed by atoms with van der Waals surface area (Å²) in [6.45, 7) is 2.40. The summed E-state index contributed by atoms with van der Waals surface area (Å²) in [6, 6.07) is 4.81. The van der Waals surface area contributed by atoms with Crippen molar-refractivity contribution in [1.29, 1.82) is 0 Å². The number of amidine groups is 1. The molecule has 1 heterocycles. The maximum absolute atomic E-state index is 13.2. The summed E-state index contributed by atoms with van der Waals surface area (Å²) in [7, 11) is 0. The first-order valence-corrected chi connectivity index (χ1v) is 8.30. The van der Waals surface area contributed by atoms with Crippen molar-refractivity contribution < 1.29 is 9.60 Å². The third kappa shape index (κ3) is 3.62. The quantitative estimate of drug-likeness (QED) is 0.385. The Kier molecular flexibility index (Phi) is 5.35. The zero-order chi connectivity index (χ0) is 15.5. The number of likely N-dealkylation sites (tertiary alicyclic amines) is 1. The zero-order valence-corrected chi connectivity index (χ0v) is 13.4. The molecule has 0 radical (unpaired) electrons. The molecule has 1 aromatic carbocycles. The maximum Gasteiger partial charge on any atom is 0.155 e. The van der Waals surface area contributed by atoms with Gasteiger partial charge in [-0.25, -0.2) is 4.39 Å². The van der Waals surface area contributed by atoms with Crippen LogP contribution in [0.4, 0.5) is 4.39 Å². The van der Waals surface area contributed by atoms with Gasteiger partial charge < -0.3 is 10.9 Å². The van der Waals surface area contributed by atoms with Gasteiger partial charge in [-0.2, -0.15) is 11.8 Å². The van der Waals surface area contributed by atoms with E-state index in [2.05, 4.69) is 10.1 Å². The Morgan fingerprint density at radius 2 is 2.19 bits per heavy atom. The van der Waals surface area contributed by atoms with Gasteiger partial charge in [0.05, 0.1) is 9.77 Å². The van der Waals surface area contributed by atoms with Crippen LogP contribution in [0.1, 0.15) is 18.4 Å². The second-order valence-corrected chi connectivity index (χ2v) is 6.81. The van der Waals surface area contributed by atoms with Crippen molar-refractivity contribution in [3.05, 3.63) is 34.6 Å². The molecule has 1 saturated heterocycles. The van der Waals surface area contributed by atoms with Crippen LogP contribution in [0.25, 0.3) is 0 Å². The second kappa shape index (κ2) is 6.85. The van der Waals surface area contributed by atoms with Gasteiger partial charge in [-0.15, -0.1) is 0 Å². The molecule has 0 saturated carbocycles. The fourth-order valence-corrected chi connectivity index (χ4v) is 3.67. The molecule has 1 aliphatic heterocycles. The molecule has 1 aromatic rings. The number of hydrogen-bond donors (Lipinski definition) is 2. The second-order valence-electron chi connectivity index (χ2n) is 5.21. The number of halogens is 2. The number of oxime groups is 1. The number of benzene rings is 1. The molecule has 0 unspecified atom stereocenters. The average Bonchev–Trinajstić information content (AvgIpc) is 2.51. The fraction of sp³-hybridized carbons (Fsp3) is 0.500. The summed E-state index contributed by atoms with van der Waals surface area (Å²) in [5.41, 5.74) is 6.82. The summed E-state index contributed by atoms with van der Waals surface area (Å²) < 4.78 is 12.9. The van der Waals surface area contributed by atoms with Crippen molar-refractivity contribution in [2.45, 2.75) is 24.1 Å². The van der Waals surface area contributed by atoms with Crippen LogP contribution in [0.5, 0.6) is 0 Å². The topological polar surface area (TPSA) is 61.9 Å². The largest absolute Gasteiger partial charge is 0.409 e. The van der Waals surface area contributed by atoms with Gasteiger partial charge in [-0.05, 0) is 36.8 Å². The molecule has 1 fully saturated rings. The minimum Gasteiger partial charge on any atom is -0.409 e. The zero-order valence-electron chi connectivity index (χ0n) is 11.9. The van der Waals surface area contributed by atoms with Gasteiger partial charge in [-0.1, -0.05) is 22.8 Å². The Bertz CT molecular complexity index is 533. The van der Waals surface area contributed by atoms with E-state index in [9.17, 15) is 4.39 Å². The third-order valence-electron chi connectivity index (χ3n) is 4.02. The molecule has 116 valence electrons. The van der Waals surface area contributed by atoms with Crippen LogP contribution in [0.15, 0.2) is 23.4 Å². The van der Waals surface area contributed by atoms with Crippen molar-refractivity contribution in [3.8, 4) is 0 Å². The first kappa shape index (κ1) is 16.4. The van der Waals surface area contributed by atoms with Gasteiger partial charge >= 0.3 is 0 Å². The highest BCUT2D eigenvalue weighted by Gasteiger charge is 2.38. The molecule has 1 aliphatic rings. The van der Waals surface area contributed by atoms with E-state index in [4.69, 9.17) is 22.5 Å². The van der Waals surface area contributed by atoms with Crippen LogP contribution in [0, 0.1) is 5.82 Å². The Labute approximate surface area is 133 Å². The molecule has 0 atom stereocenters.